The lowest BCUT2D eigenvalue weighted by Crippen LogP contribution is -2.09. The zero-order valence-corrected chi connectivity index (χ0v) is 15.0. The highest BCUT2D eigenvalue weighted by molar-refractivity contribution is 5.82. The van der Waals surface area contributed by atoms with Crippen molar-refractivity contribution in [1.29, 1.82) is 0 Å². The summed E-state index contributed by atoms with van der Waals surface area (Å²) in [6, 6.07) is 16.7. The quantitative estimate of drug-likeness (QED) is 0.593. The Bertz CT molecular complexity index is 544. The molecule has 2 aromatic rings. The molecule has 0 saturated heterocycles. The second kappa shape index (κ2) is 14.0. The third kappa shape index (κ3) is 11.7. The van der Waals surface area contributed by atoms with Crippen molar-refractivity contribution in [3.8, 4) is 0 Å². The molecule has 7 N–H and O–H groups in total. The molecule has 0 bridgehead atoms. The zero-order valence-electron chi connectivity index (χ0n) is 15.0. The van der Waals surface area contributed by atoms with Crippen molar-refractivity contribution in [3.05, 3.63) is 48.5 Å². The van der Waals surface area contributed by atoms with Gasteiger partial charge in [0.25, 0.3) is 0 Å². The van der Waals surface area contributed by atoms with Crippen LogP contribution in [0.2, 0.25) is 0 Å². The maximum atomic E-state index is 10.4. The van der Waals surface area contributed by atoms with Gasteiger partial charge >= 0.3 is 0 Å². The Labute approximate surface area is 150 Å². The van der Waals surface area contributed by atoms with E-state index in [4.69, 9.17) is 11.5 Å². The van der Waals surface area contributed by atoms with E-state index in [1.54, 1.807) is 0 Å². The van der Waals surface area contributed by atoms with Crippen LogP contribution in [0.4, 0.5) is 0 Å². The summed E-state index contributed by atoms with van der Waals surface area (Å²) in [5.74, 6) is -0.447. The fourth-order valence-electron chi connectivity index (χ4n) is 2.44. The number of fused-ring (bicyclic) bond motifs is 1. The van der Waals surface area contributed by atoms with Crippen LogP contribution in [0.5, 0.6) is 0 Å². The molecule has 0 aliphatic heterocycles. The summed E-state index contributed by atoms with van der Waals surface area (Å²) in [7, 11) is 0. The van der Waals surface area contributed by atoms with E-state index >= 15 is 0 Å². The van der Waals surface area contributed by atoms with E-state index in [0.717, 1.165) is 38.5 Å². The van der Waals surface area contributed by atoms with Crippen molar-refractivity contribution in [2.24, 2.45) is 11.5 Å². The summed E-state index contributed by atoms with van der Waals surface area (Å²) >= 11 is 0. The average molecular weight is 345 g/mol. The van der Waals surface area contributed by atoms with Gasteiger partial charge in [-0.25, -0.2) is 0 Å². The van der Waals surface area contributed by atoms with Crippen LogP contribution in [0.15, 0.2) is 48.5 Å². The summed E-state index contributed by atoms with van der Waals surface area (Å²) in [4.78, 5) is 20.8. The minimum atomic E-state index is -0.223. The van der Waals surface area contributed by atoms with Gasteiger partial charge in [-0.1, -0.05) is 74.2 Å². The number of rotatable bonds is 9. The van der Waals surface area contributed by atoms with Crippen molar-refractivity contribution in [1.82, 2.24) is 6.15 Å². The Morgan fingerprint density at radius 1 is 0.600 bits per heavy atom. The number of carbonyl (C=O) groups is 2. The normalized spacial score (nSPS) is 9.60. The van der Waals surface area contributed by atoms with E-state index in [1.807, 2.05) is 0 Å². The van der Waals surface area contributed by atoms with Crippen LogP contribution < -0.4 is 17.6 Å². The lowest BCUT2D eigenvalue weighted by Gasteiger charge is -1.99. The molecule has 0 aromatic heterocycles. The van der Waals surface area contributed by atoms with Crippen molar-refractivity contribution < 1.29 is 9.59 Å². The third-order valence-electron chi connectivity index (χ3n) is 3.76. The predicted octanol–water partition coefficient (Wildman–Crippen LogP) is 4.08. The van der Waals surface area contributed by atoms with E-state index in [-0.39, 0.29) is 18.0 Å². The van der Waals surface area contributed by atoms with Crippen molar-refractivity contribution >= 4 is 22.6 Å². The molecular formula is C20H31N3O2. The molecule has 138 valence electrons. The first-order chi connectivity index (χ1) is 11.6. The standard InChI is InChI=1S/C10H20N2O2.C10H8.H3N/c11-9(13)7-5-3-1-2-4-6-8-10(12)14;1-2-6-10-8-4-3-7-9(10)5-1;/h1-8H2,(H2,11,13)(H2,12,14);1-8H;1H3. The largest absolute Gasteiger partial charge is 0.370 e. The van der Waals surface area contributed by atoms with Crippen LogP contribution in [-0.2, 0) is 9.59 Å². The second-order valence-corrected chi connectivity index (χ2v) is 5.90. The first-order valence-electron chi connectivity index (χ1n) is 8.60. The Balaban J connectivity index is 0.000000460. The highest BCUT2D eigenvalue weighted by atomic mass is 16.1. The molecule has 0 aliphatic rings. The van der Waals surface area contributed by atoms with E-state index in [2.05, 4.69) is 48.5 Å². The summed E-state index contributed by atoms with van der Waals surface area (Å²) in [5.41, 5.74) is 10.00. The van der Waals surface area contributed by atoms with E-state index in [1.165, 1.54) is 10.8 Å². The smallest absolute Gasteiger partial charge is 0.217 e. The van der Waals surface area contributed by atoms with Gasteiger partial charge in [0, 0.05) is 12.8 Å². The predicted molar refractivity (Wildman–Crippen MR) is 104 cm³/mol. The number of carbonyl (C=O) groups excluding carboxylic acids is 2. The Hall–Kier alpha value is -2.40. The minimum absolute atomic E-state index is 0. The summed E-state index contributed by atoms with van der Waals surface area (Å²) in [6.07, 6.45) is 7.02. The Morgan fingerprint density at radius 3 is 1.16 bits per heavy atom. The number of primary amides is 2. The fraction of sp³-hybridized carbons (Fsp3) is 0.400. The van der Waals surface area contributed by atoms with Gasteiger partial charge in [-0.3, -0.25) is 9.59 Å². The molecule has 0 aliphatic carbocycles. The lowest BCUT2D eigenvalue weighted by atomic mass is 10.1. The molecule has 2 aromatic carbocycles. The molecule has 5 heteroatoms. The van der Waals surface area contributed by atoms with Gasteiger partial charge in [-0.15, -0.1) is 0 Å². The third-order valence-corrected chi connectivity index (χ3v) is 3.76. The number of hydrogen-bond acceptors (Lipinski definition) is 3. The van der Waals surface area contributed by atoms with Crippen LogP contribution >= 0.6 is 0 Å². The van der Waals surface area contributed by atoms with Gasteiger partial charge in [-0.2, -0.15) is 0 Å². The maximum Gasteiger partial charge on any atom is 0.217 e. The van der Waals surface area contributed by atoms with Crippen molar-refractivity contribution in [3.63, 3.8) is 0 Å². The first-order valence-corrected chi connectivity index (χ1v) is 8.60. The molecule has 25 heavy (non-hydrogen) atoms. The Morgan fingerprint density at radius 2 is 0.880 bits per heavy atom. The van der Waals surface area contributed by atoms with Gasteiger partial charge < -0.3 is 17.6 Å². The molecule has 0 unspecified atom stereocenters. The molecule has 2 rings (SSSR count). The molecule has 0 heterocycles. The first kappa shape index (κ1) is 22.6. The zero-order chi connectivity index (χ0) is 17.6. The number of benzene rings is 2. The number of unbranched alkanes of at least 4 members (excludes halogenated alkanes) is 5. The van der Waals surface area contributed by atoms with Crippen LogP contribution in [0, 0.1) is 0 Å². The van der Waals surface area contributed by atoms with Gasteiger partial charge in [0.1, 0.15) is 0 Å². The molecule has 0 fully saturated rings. The topological polar surface area (TPSA) is 121 Å². The van der Waals surface area contributed by atoms with Crippen molar-refractivity contribution in [2.45, 2.75) is 51.4 Å². The van der Waals surface area contributed by atoms with Crippen LogP contribution in [0.1, 0.15) is 51.4 Å². The second-order valence-electron chi connectivity index (χ2n) is 5.90. The summed E-state index contributed by atoms with van der Waals surface area (Å²) in [5, 5.41) is 2.62. The summed E-state index contributed by atoms with van der Waals surface area (Å²) < 4.78 is 0. The number of amides is 2. The van der Waals surface area contributed by atoms with E-state index < -0.39 is 0 Å². The molecule has 2 amide bonds. The van der Waals surface area contributed by atoms with Gasteiger partial charge in [0.05, 0.1) is 0 Å². The van der Waals surface area contributed by atoms with Crippen molar-refractivity contribution in [2.75, 3.05) is 0 Å². The van der Waals surface area contributed by atoms with Gasteiger partial charge in [0.2, 0.25) is 11.8 Å². The van der Waals surface area contributed by atoms with Crippen LogP contribution in [0.3, 0.4) is 0 Å². The maximum absolute atomic E-state index is 10.4. The minimum Gasteiger partial charge on any atom is -0.370 e. The van der Waals surface area contributed by atoms with Gasteiger partial charge in [0.15, 0.2) is 0 Å². The number of nitrogens with two attached hydrogens (primary N) is 2. The highest BCUT2D eigenvalue weighted by Crippen LogP contribution is 2.11. The van der Waals surface area contributed by atoms with Crippen LogP contribution in [-0.4, -0.2) is 11.8 Å². The van der Waals surface area contributed by atoms with E-state index in [9.17, 15) is 9.59 Å². The lowest BCUT2D eigenvalue weighted by molar-refractivity contribution is -0.119. The van der Waals surface area contributed by atoms with E-state index in [0.29, 0.717) is 12.8 Å². The molecule has 0 spiro atoms. The molecule has 5 nitrogen and oxygen atoms in total. The van der Waals surface area contributed by atoms with Crippen LogP contribution in [0.25, 0.3) is 10.8 Å². The molecule has 0 saturated carbocycles. The van der Waals surface area contributed by atoms with Gasteiger partial charge in [-0.05, 0) is 23.6 Å². The average Bonchev–Trinajstić information content (AvgIpc) is 2.57. The SMILES string of the molecule is N.NC(=O)CCCCCCCCC(N)=O.c1ccc2ccccc2c1. The fourth-order valence-corrected chi connectivity index (χ4v) is 2.44. The Kier molecular flexibility index (Phi) is 12.6. The monoisotopic (exact) mass is 345 g/mol. The molecular weight excluding hydrogens is 314 g/mol. The summed E-state index contributed by atoms with van der Waals surface area (Å²) in [6.45, 7) is 0. The number of hydrogen-bond donors (Lipinski definition) is 3. The highest BCUT2D eigenvalue weighted by Gasteiger charge is 1.96. The molecule has 0 radical (unpaired) electrons. The molecule has 0 atom stereocenters.